The Morgan fingerprint density at radius 3 is 2.80 bits per heavy atom. The second-order valence-corrected chi connectivity index (χ2v) is 4.11. The van der Waals surface area contributed by atoms with Crippen LogP contribution >= 0.6 is 11.3 Å². The van der Waals surface area contributed by atoms with E-state index in [-0.39, 0.29) is 0 Å². The van der Waals surface area contributed by atoms with Crippen LogP contribution in [0.25, 0.3) is 11.1 Å². The molecule has 2 heteroatoms. The summed E-state index contributed by atoms with van der Waals surface area (Å²) in [5.74, 6) is 0. The minimum Gasteiger partial charge on any atom is -0.198 e. The molecule has 0 aliphatic carbocycles. The summed E-state index contributed by atoms with van der Waals surface area (Å²) in [6, 6.07) is 12.6. The summed E-state index contributed by atoms with van der Waals surface area (Å²) in [5.41, 5.74) is 3.78. The van der Waals surface area contributed by atoms with E-state index in [9.17, 15) is 0 Å². The third-order valence-electron chi connectivity index (χ3n) is 2.36. The Morgan fingerprint density at radius 1 is 1.20 bits per heavy atom. The summed E-state index contributed by atoms with van der Waals surface area (Å²) in [6.07, 6.45) is 1.42. The maximum Gasteiger partial charge on any atom is 0.0625 e. The van der Waals surface area contributed by atoms with Gasteiger partial charge in [0.15, 0.2) is 0 Å². The van der Waals surface area contributed by atoms with Crippen molar-refractivity contribution in [3.63, 3.8) is 0 Å². The highest BCUT2D eigenvalue weighted by molar-refractivity contribution is 7.08. The fourth-order valence-corrected chi connectivity index (χ4v) is 2.28. The van der Waals surface area contributed by atoms with Crippen LogP contribution in [-0.4, -0.2) is 0 Å². The normalized spacial score (nSPS) is 9.80. The van der Waals surface area contributed by atoms with Gasteiger partial charge in [-0.2, -0.15) is 16.6 Å². The molecular formula is C13H11NS. The largest absolute Gasteiger partial charge is 0.198 e. The smallest absolute Gasteiger partial charge is 0.0625 e. The molecule has 1 aromatic carbocycles. The molecule has 1 heterocycles. The number of hydrogen-bond donors (Lipinski definition) is 0. The molecule has 0 radical (unpaired) electrons. The Morgan fingerprint density at radius 2 is 2.07 bits per heavy atom. The summed E-state index contributed by atoms with van der Waals surface area (Å²) in [7, 11) is 0. The Balaban J connectivity index is 2.35. The molecule has 0 aliphatic heterocycles. The van der Waals surface area contributed by atoms with Gasteiger partial charge in [-0.05, 0) is 39.9 Å². The third kappa shape index (κ3) is 2.26. The molecule has 0 atom stereocenters. The summed E-state index contributed by atoms with van der Waals surface area (Å²) >= 11 is 1.70. The Bertz CT molecular complexity index is 466. The first kappa shape index (κ1) is 9.95. The van der Waals surface area contributed by atoms with Crippen molar-refractivity contribution in [1.29, 1.82) is 5.26 Å². The number of aryl methyl sites for hydroxylation is 1. The molecule has 0 aliphatic rings. The molecular weight excluding hydrogens is 202 g/mol. The van der Waals surface area contributed by atoms with Crippen LogP contribution in [0.4, 0.5) is 0 Å². The van der Waals surface area contributed by atoms with E-state index in [0.717, 1.165) is 6.42 Å². The molecule has 0 saturated carbocycles. The Labute approximate surface area is 93.6 Å². The number of rotatable bonds is 3. The van der Waals surface area contributed by atoms with Crippen LogP contribution in [0.3, 0.4) is 0 Å². The second kappa shape index (κ2) is 4.77. The molecule has 0 N–H and O–H groups in total. The summed E-state index contributed by atoms with van der Waals surface area (Å²) in [6.45, 7) is 0. The highest BCUT2D eigenvalue weighted by atomic mass is 32.1. The van der Waals surface area contributed by atoms with Crippen LogP contribution in [0, 0.1) is 11.3 Å². The lowest BCUT2D eigenvalue weighted by molar-refractivity contribution is 1.01. The van der Waals surface area contributed by atoms with Crippen LogP contribution in [0.5, 0.6) is 0 Å². The van der Waals surface area contributed by atoms with Crippen LogP contribution in [0.1, 0.15) is 12.0 Å². The average Bonchev–Trinajstić information content (AvgIpc) is 2.80. The zero-order valence-electron chi connectivity index (χ0n) is 8.31. The van der Waals surface area contributed by atoms with Crippen LogP contribution in [0.15, 0.2) is 41.1 Å². The number of hydrogen-bond acceptors (Lipinski definition) is 2. The van der Waals surface area contributed by atoms with Crippen LogP contribution < -0.4 is 0 Å². The molecule has 2 aromatic rings. The van der Waals surface area contributed by atoms with Gasteiger partial charge in [-0.3, -0.25) is 0 Å². The Hall–Kier alpha value is -1.59. The monoisotopic (exact) mass is 213 g/mol. The summed E-state index contributed by atoms with van der Waals surface area (Å²) < 4.78 is 0. The van der Waals surface area contributed by atoms with Gasteiger partial charge in [0.05, 0.1) is 6.07 Å². The SMILES string of the molecule is N#CCCc1ccccc1-c1ccsc1. The van der Waals surface area contributed by atoms with Crippen molar-refractivity contribution < 1.29 is 0 Å². The van der Waals surface area contributed by atoms with Gasteiger partial charge >= 0.3 is 0 Å². The number of thiophene rings is 1. The predicted octanol–water partition coefficient (Wildman–Crippen LogP) is 3.87. The third-order valence-corrected chi connectivity index (χ3v) is 3.04. The van der Waals surface area contributed by atoms with Gasteiger partial charge in [-0.1, -0.05) is 24.3 Å². The van der Waals surface area contributed by atoms with E-state index in [2.05, 4.69) is 35.0 Å². The number of benzene rings is 1. The van der Waals surface area contributed by atoms with Crippen molar-refractivity contribution in [2.75, 3.05) is 0 Å². The quantitative estimate of drug-likeness (QED) is 0.759. The molecule has 0 bridgehead atoms. The average molecular weight is 213 g/mol. The zero-order chi connectivity index (χ0) is 10.5. The summed E-state index contributed by atoms with van der Waals surface area (Å²) in [5, 5.41) is 12.8. The maximum absolute atomic E-state index is 8.60. The van der Waals surface area contributed by atoms with Gasteiger partial charge in [0.25, 0.3) is 0 Å². The molecule has 2 rings (SSSR count). The van der Waals surface area contributed by atoms with Gasteiger partial charge in [0, 0.05) is 6.42 Å². The van der Waals surface area contributed by atoms with Gasteiger partial charge in [-0.25, -0.2) is 0 Å². The van der Waals surface area contributed by atoms with E-state index in [4.69, 9.17) is 5.26 Å². The van der Waals surface area contributed by atoms with Crippen molar-refractivity contribution in [2.24, 2.45) is 0 Å². The molecule has 0 amide bonds. The molecule has 0 unspecified atom stereocenters. The zero-order valence-corrected chi connectivity index (χ0v) is 9.13. The van der Waals surface area contributed by atoms with Crippen molar-refractivity contribution in [3.05, 3.63) is 46.7 Å². The van der Waals surface area contributed by atoms with E-state index >= 15 is 0 Å². The van der Waals surface area contributed by atoms with E-state index in [1.807, 2.05) is 12.1 Å². The van der Waals surface area contributed by atoms with Gasteiger partial charge in [0.2, 0.25) is 0 Å². The molecule has 1 nitrogen and oxygen atoms in total. The lowest BCUT2D eigenvalue weighted by atomic mass is 9.99. The van der Waals surface area contributed by atoms with E-state index in [1.165, 1.54) is 16.7 Å². The van der Waals surface area contributed by atoms with Crippen LogP contribution in [-0.2, 0) is 6.42 Å². The van der Waals surface area contributed by atoms with E-state index < -0.39 is 0 Å². The predicted molar refractivity (Wildman–Crippen MR) is 63.7 cm³/mol. The van der Waals surface area contributed by atoms with Crippen molar-refractivity contribution in [2.45, 2.75) is 12.8 Å². The molecule has 0 fully saturated rings. The fraction of sp³-hybridized carbons (Fsp3) is 0.154. The van der Waals surface area contributed by atoms with Crippen molar-refractivity contribution in [1.82, 2.24) is 0 Å². The van der Waals surface area contributed by atoms with Gasteiger partial charge in [0.1, 0.15) is 0 Å². The first-order chi connectivity index (χ1) is 7.42. The Kier molecular flexibility index (Phi) is 3.16. The second-order valence-electron chi connectivity index (χ2n) is 3.33. The van der Waals surface area contributed by atoms with Crippen molar-refractivity contribution >= 4 is 11.3 Å². The lowest BCUT2D eigenvalue weighted by Gasteiger charge is -2.05. The molecule has 0 spiro atoms. The fourth-order valence-electron chi connectivity index (χ4n) is 1.63. The standard InChI is InChI=1S/C13H11NS/c14-8-3-5-11-4-1-2-6-13(11)12-7-9-15-10-12/h1-2,4,6-7,9-10H,3,5H2. The molecule has 15 heavy (non-hydrogen) atoms. The number of nitrogens with zero attached hydrogens (tertiary/aromatic N) is 1. The lowest BCUT2D eigenvalue weighted by Crippen LogP contribution is -1.87. The highest BCUT2D eigenvalue weighted by Gasteiger charge is 2.03. The highest BCUT2D eigenvalue weighted by Crippen LogP contribution is 2.26. The first-order valence-electron chi connectivity index (χ1n) is 4.89. The minimum atomic E-state index is 0.584. The van der Waals surface area contributed by atoms with E-state index in [0.29, 0.717) is 6.42 Å². The molecule has 74 valence electrons. The minimum absolute atomic E-state index is 0.584. The summed E-state index contributed by atoms with van der Waals surface area (Å²) in [4.78, 5) is 0. The number of nitriles is 1. The van der Waals surface area contributed by atoms with Crippen LogP contribution in [0.2, 0.25) is 0 Å². The van der Waals surface area contributed by atoms with Gasteiger partial charge < -0.3 is 0 Å². The maximum atomic E-state index is 8.60. The molecule has 1 aromatic heterocycles. The first-order valence-corrected chi connectivity index (χ1v) is 5.83. The van der Waals surface area contributed by atoms with Crippen molar-refractivity contribution in [3.8, 4) is 17.2 Å². The topological polar surface area (TPSA) is 23.8 Å². The van der Waals surface area contributed by atoms with E-state index in [1.54, 1.807) is 11.3 Å². The molecule has 0 saturated heterocycles. The van der Waals surface area contributed by atoms with Gasteiger partial charge in [-0.15, -0.1) is 0 Å².